The zero-order valence-electron chi connectivity index (χ0n) is 9.73. The fraction of sp³-hybridized carbons (Fsp3) is 0.0769. The van der Waals surface area contributed by atoms with Crippen LogP contribution in [0, 0.1) is 5.82 Å². The topological polar surface area (TPSA) is 76.2 Å². The number of halogens is 2. The van der Waals surface area contributed by atoms with E-state index < -0.39 is 17.5 Å². The van der Waals surface area contributed by atoms with Crippen LogP contribution in [-0.4, -0.2) is 16.1 Å². The minimum Gasteiger partial charge on any atom is -0.476 e. The first-order chi connectivity index (χ1) is 9.02. The number of pyridine rings is 1. The summed E-state index contributed by atoms with van der Waals surface area (Å²) in [5, 5.41) is 9.22. The Morgan fingerprint density at radius 3 is 2.68 bits per heavy atom. The number of hydrogen-bond acceptors (Lipinski definition) is 3. The van der Waals surface area contributed by atoms with Gasteiger partial charge in [0.1, 0.15) is 0 Å². The van der Waals surface area contributed by atoms with E-state index in [4.69, 9.17) is 22.4 Å². The van der Waals surface area contributed by atoms with Gasteiger partial charge < -0.3 is 10.8 Å². The van der Waals surface area contributed by atoms with Crippen molar-refractivity contribution in [2.45, 2.75) is 6.54 Å². The van der Waals surface area contributed by atoms with Gasteiger partial charge in [0, 0.05) is 12.1 Å². The molecule has 6 heteroatoms. The molecule has 1 heterocycles. The maximum atomic E-state index is 13.3. The summed E-state index contributed by atoms with van der Waals surface area (Å²) in [5.74, 6) is -2.31. The number of carboxylic acid groups (broad SMARTS) is 1. The number of carbonyl (C=O) groups is 1. The Morgan fingerprint density at radius 1 is 1.37 bits per heavy atom. The van der Waals surface area contributed by atoms with Crippen LogP contribution in [0.5, 0.6) is 0 Å². The third-order valence-corrected chi connectivity index (χ3v) is 2.91. The van der Waals surface area contributed by atoms with Crippen LogP contribution in [0.1, 0.15) is 16.1 Å². The van der Waals surface area contributed by atoms with Crippen molar-refractivity contribution in [2.24, 2.45) is 5.73 Å². The molecule has 0 saturated carbocycles. The molecule has 0 atom stereocenters. The van der Waals surface area contributed by atoms with E-state index in [9.17, 15) is 9.18 Å². The van der Waals surface area contributed by atoms with Crippen LogP contribution in [-0.2, 0) is 6.54 Å². The molecule has 1 aromatic carbocycles. The molecule has 3 N–H and O–H groups in total. The third kappa shape index (κ3) is 2.72. The predicted octanol–water partition coefficient (Wildman–Crippen LogP) is 2.70. The Bertz CT molecular complexity index is 647. The molecule has 0 aliphatic carbocycles. The van der Waals surface area contributed by atoms with Crippen LogP contribution >= 0.6 is 11.6 Å². The van der Waals surface area contributed by atoms with E-state index in [-0.39, 0.29) is 0 Å². The lowest BCUT2D eigenvalue weighted by Crippen LogP contribution is -2.05. The van der Waals surface area contributed by atoms with E-state index in [1.807, 2.05) is 0 Å². The van der Waals surface area contributed by atoms with E-state index in [0.29, 0.717) is 22.8 Å². The van der Waals surface area contributed by atoms with Gasteiger partial charge in [-0.05, 0) is 23.8 Å². The summed E-state index contributed by atoms with van der Waals surface area (Å²) in [6.07, 6.45) is 0. The van der Waals surface area contributed by atoms with E-state index in [0.717, 1.165) is 11.6 Å². The van der Waals surface area contributed by atoms with Crippen LogP contribution in [0.4, 0.5) is 4.39 Å². The van der Waals surface area contributed by atoms with Gasteiger partial charge in [-0.15, -0.1) is 0 Å². The van der Waals surface area contributed by atoms with Gasteiger partial charge in [-0.1, -0.05) is 23.7 Å². The number of nitrogens with zero attached hydrogens (tertiary/aromatic N) is 1. The molecule has 2 rings (SSSR count). The van der Waals surface area contributed by atoms with Crippen molar-refractivity contribution in [3.63, 3.8) is 0 Å². The van der Waals surface area contributed by atoms with Gasteiger partial charge in [0.2, 0.25) is 0 Å². The van der Waals surface area contributed by atoms with Crippen molar-refractivity contribution in [3.05, 3.63) is 52.4 Å². The highest BCUT2D eigenvalue weighted by Gasteiger charge is 2.15. The predicted molar refractivity (Wildman–Crippen MR) is 69.5 cm³/mol. The van der Waals surface area contributed by atoms with Gasteiger partial charge in [-0.25, -0.2) is 14.2 Å². The molecule has 0 amide bonds. The van der Waals surface area contributed by atoms with E-state index in [2.05, 4.69) is 4.98 Å². The maximum Gasteiger partial charge on any atom is 0.357 e. The molecule has 2 aromatic rings. The summed E-state index contributed by atoms with van der Waals surface area (Å²) in [7, 11) is 0. The standard InChI is InChI=1S/C13H10ClFN2O2/c14-9-5-7(6-16)1-2-8(9)11-4-3-10(15)12(17-11)13(18)19/h1-5H,6,16H2,(H,18,19). The first kappa shape index (κ1) is 13.5. The van der Waals surface area contributed by atoms with Gasteiger partial charge in [-0.3, -0.25) is 0 Å². The molecular weight excluding hydrogens is 271 g/mol. The molecule has 19 heavy (non-hydrogen) atoms. The number of nitrogens with two attached hydrogens (primary N) is 1. The van der Waals surface area contributed by atoms with Gasteiger partial charge in [-0.2, -0.15) is 0 Å². The fourth-order valence-corrected chi connectivity index (χ4v) is 1.94. The average Bonchev–Trinajstić information content (AvgIpc) is 2.39. The van der Waals surface area contributed by atoms with E-state index in [1.165, 1.54) is 6.07 Å². The van der Waals surface area contributed by atoms with Gasteiger partial charge in [0.05, 0.1) is 10.7 Å². The van der Waals surface area contributed by atoms with Crippen molar-refractivity contribution in [1.82, 2.24) is 4.98 Å². The molecule has 0 unspecified atom stereocenters. The minimum absolute atomic E-state index is 0.298. The summed E-state index contributed by atoms with van der Waals surface area (Å²) in [5.41, 5.74) is 6.53. The first-order valence-electron chi connectivity index (χ1n) is 5.41. The molecule has 0 fully saturated rings. The highest BCUT2D eigenvalue weighted by Crippen LogP contribution is 2.28. The Labute approximate surface area is 113 Å². The normalized spacial score (nSPS) is 10.5. The molecular formula is C13H10ClFN2O2. The zero-order valence-corrected chi connectivity index (χ0v) is 10.5. The number of aromatic carboxylic acids is 1. The molecule has 4 nitrogen and oxygen atoms in total. The van der Waals surface area contributed by atoms with E-state index in [1.54, 1.807) is 18.2 Å². The summed E-state index contributed by atoms with van der Waals surface area (Å²) >= 11 is 6.08. The molecule has 0 bridgehead atoms. The highest BCUT2D eigenvalue weighted by atomic mass is 35.5. The number of carboxylic acids is 1. The zero-order chi connectivity index (χ0) is 14.0. The second-order valence-corrected chi connectivity index (χ2v) is 4.26. The van der Waals surface area contributed by atoms with Crippen LogP contribution in [0.15, 0.2) is 30.3 Å². The molecule has 1 aromatic heterocycles. The van der Waals surface area contributed by atoms with Gasteiger partial charge >= 0.3 is 5.97 Å². The lowest BCUT2D eigenvalue weighted by atomic mass is 10.1. The monoisotopic (exact) mass is 280 g/mol. The van der Waals surface area contributed by atoms with Crippen molar-refractivity contribution in [1.29, 1.82) is 0 Å². The van der Waals surface area contributed by atoms with E-state index >= 15 is 0 Å². The van der Waals surface area contributed by atoms with Crippen molar-refractivity contribution in [2.75, 3.05) is 0 Å². The number of aromatic nitrogens is 1. The van der Waals surface area contributed by atoms with Gasteiger partial charge in [0.25, 0.3) is 0 Å². The quantitative estimate of drug-likeness (QED) is 0.906. The van der Waals surface area contributed by atoms with Crippen molar-refractivity contribution >= 4 is 17.6 Å². The first-order valence-corrected chi connectivity index (χ1v) is 5.79. The third-order valence-electron chi connectivity index (χ3n) is 2.59. The lowest BCUT2D eigenvalue weighted by Gasteiger charge is -2.07. The maximum absolute atomic E-state index is 13.3. The number of rotatable bonds is 3. The molecule has 0 radical (unpaired) electrons. The number of benzene rings is 1. The molecule has 0 aliphatic heterocycles. The Kier molecular flexibility index (Phi) is 3.78. The minimum atomic E-state index is -1.42. The molecule has 0 aliphatic rings. The summed E-state index contributed by atoms with van der Waals surface area (Å²) in [6, 6.07) is 7.54. The highest BCUT2D eigenvalue weighted by molar-refractivity contribution is 6.33. The smallest absolute Gasteiger partial charge is 0.357 e. The average molecular weight is 281 g/mol. The van der Waals surface area contributed by atoms with Crippen LogP contribution in [0.3, 0.4) is 0 Å². The van der Waals surface area contributed by atoms with Crippen LogP contribution < -0.4 is 5.73 Å². The molecule has 0 spiro atoms. The number of hydrogen-bond donors (Lipinski definition) is 2. The van der Waals surface area contributed by atoms with Gasteiger partial charge in [0.15, 0.2) is 11.5 Å². The molecule has 98 valence electrons. The Morgan fingerprint density at radius 2 is 2.11 bits per heavy atom. The largest absolute Gasteiger partial charge is 0.476 e. The van der Waals surface area contributed by atoms with Crippen LogP contribution in [0.25, 0.3) is 11.3 Å². The SMILES string of the molecule is NCc1ccc(-c2ccc(F)c(C(=O)O)n2)c(Cl)c1. The fourth-order valence-electron chi connectivity index (χ4n) is 1.64. The lowest BCUT2D eigenvalue weighted by molar-refractivity contribution is 0.0685. The van der Waals surface area contributed by atoms with Crippen molar-refractivity contribution < 1.29 is 14.3 Å². The van der Waals surface area contributed by atoms with Crippen LogP contribution in [0.2, 0.25) is 5.02 Å². The van der Waals surface area contributed by atoms with Crippen molar-refractivity contribution in [3.8, 4) is 11.3 Å². The Hall–Kier alpha value is -1.98. The Balaban J connectivity index is 2.53. The summed E-state index contributed by atoms with van der Waals surface area (Å²) < 4.78 is 13.3. The summed E-state index contributed by atoms with van der Waals surface area (Å²) in [4.78, 5) is 14.6. The molecule has 0 saturated heterocycles. The second-order valence-electron chi connectivity index (χ2n) is 3.85. The second kappa shape index (κ2) is 5.34. The summed E-state index contributed by atoms with van der Waals surface area (Å²) in [6.45, 7) is 0.344.